The summed E-state index contributed by atoms with van der Waals surface area (Å²) in [7, 11) is 0. The van der Waals surface area contributed by atoms with Crippen LogP contribution >= 0.6 is 48.0 Å². The summed E-state index contributed by atoms with van der Waals surface area (Å²) in [4.78, 5) is 53.5. The molecule has 0 aromatic heterocycles. The smallest absolute Gasteiger partial charge is 0.267 e. The molecule has 10 nitrogen and oxygen atoms in total. The largest absolute Gasteiger partial charge is 0.508 e. The van der Waals surface area contributed by atoms with E-state index in [0.29, 0.717) is 11.4 Å². The van der Waals surface area contributed by atoms with Crippen molar-refractivity contribution in [2.45, 2.75) is 12.8 Å². The molecular formula is C24H20N4O6S4. The van der Waals surface area contributed by atoms with Gasteiger partial charge in [-0.15, -0.1) is 0 Å². The molecule has 4 rings (SSSR count). The highest BCUT2D eigenvalue weighted by Crippen LogP contribution is 2.42. The third kappa shape index (κ3) is 6.51. The minimum atomic E-state index is -0.493. The Hall–Kier alpha value is -3.46. The highest BCUT2D eigenvalue weighted by Gasteiger charge is 2.42. The fourth-order valence-electron chi connectivity index (χ4n) is 3.50. The Kier molecular flexibility index (Phi) is 8.66. The molecule has 2 aliphatic heterocycles. The number of thiocarbonyl (C=S) groups is 2. The van der Waals surface area contributed by atoms with Gasteiger partial charge in [-0.05, 0) is 24.3 Å². The van der Waals surface area contributed by atoms with Crippen LogP contribution in [0.2, 0.25) is 0 Å². The maximum Gasteiger partial charge on any atom is 0.267 e. The van der Waals surface area contributed by atoms with Crippen LogP contribution in [-0.2, 0) is 19.2 Å². The molecule has 2 aromatic rings. The number of benzene rings is 2. The number of rotatable bonds is 8. The number of nitrogens with zero attached hydrogens (tertiary/aromatic N) is 2. The molecule has 0 saturated carbocycles. The number of nitrogens with one attached hydrogen (secondary N) is 2. The van der Waals surface area contributed by atoms with Crippen molar-refractivity contribution >= 4 is 91.6 Å². The maximum absolute atomic E-state index is 13.1. The van der Waals surface area contributed by atoms with Crippen LogP contribution in [0.25, 0.3) is 0 Å². The van der Waals surface area contributed by atoms with Gasteiger partial charge in [0.05, 0.1) is 9.81 Å². The van der Waals surface area contributed by atoms with E-state index in [1.165, 1.54) is 34.1 Å². The lowest BCUT2D eigenvalue weighted by molar-refractivity contribution is -0.125. The molecule has 38 heavy (non-hydrogen) atoms. The molecule has 2 aliphatic rings. The van der Waals surface area contributed by atoms with E-state index in [1.54, 1.807) is 24.3 Å². The van der Waals surface area contributed by atoms with Crippen LogP contribution in [0.4, 0.5) is 11.4 Å². The zero-order chi connectivity index (χ0) is 27.4. The van der Waals surface area contributed by atoms with E-state index in [-0.39, 0.29) is 67.7 Å². The van der Waals surface area contributed by atoms with E-state index in [0.717, 1.165) is 23.5 Å². The monoisotopic (exact) mass is 588 g/mol. The van der Waals surface area contributed by atoms with E-state index in [1.807, 2.05) is 0 Å². The molecule has 0 bridgehead atoms. The van der Waals surface area contributed by atoms with Crippen molar-refractivity contribution in [2.75, 3.05) is 23.7 Å². The second-order valence-electron chi connectivity index (χ2n) is 8.00. The molecule has 0 unspecified atom stereocenters. The van der Waals surface area contributed by atoms with E-state index in [9.17, 15) is 29.4 Å². The Bertz CT molecular complexity index is 1290. The predicted molar refractivity (Wildman–Crippen MR) is 154 cm³/mol. The van der Waals surface area contributed by atoms with Crippen molar-refractivity contribution in [3.05, 3.63) is 58.3 Å². The summed E-state index contributed by atoms with van der Waals surface area (Å²) in [6.07, 6.45) is -0.102. The number of amides is 4. The Morgan fingerprint density at radius 3 is 1.50 bits per heavy atom. The summed E-state index contributed by atoms with van der Waals surface area (Å²) in [5.74, 6) is -1.72. The number of anilines is 2. The number of hydrogen-bond donors (Lipinski definition) is 4. The molecule has 2 heterocycles. The number of carbonyl (C=O) groups excluding carboxylic acids is 4. The van der Waals surface area contributed by atoms with E-state index in [2.05, 4.69) is 10.6 Å². The highest BCUT2D eigenvalue weighted by molar-refractivity contribution is 8.29. The lowest BCUT2D eigenvalue weighted by atomic mass is 10.2. The fraction of sp³-hybridized carbons (Fsp3) is 0.167. The van der Waals surface area contributed by atoms with Crippen LogP contribution in [0, 0.1) is 0 Å². The molecule has 2 fully saturated rings. The fourth-order valence-corrected chi connectivity index (χ4v) is 6.27. The van der Waals surface area contributed by atoms with Crippen molar-refractivity contribution in [3.63, 3.8) is 0 Å². The topological polar surface area (TPSA) is 139 Å². The lowest BCUT2D eigenvalue weighted by Crippen LogP contribution is -2.33. The Morgan fingerprint density at radius 1 is 0.737 bits per heavy atom. The lowest BCUT2D eigenvalue weighted by Gasteiger charge is -2.15. The standard InChI is InChI=1S/C24H20N4O6S4/c29-15-5-1-3-13(11-15)25-17(31)7-9-27-21(33)19(37-23(27)35)20-22(34)28(24(36)38-20)10-8-18(32)26-14-4-2-6-16(30)12-14/h1-6,11-12,29-30H,7-10H2,(H,25,31)(H,26,32)/b20-19+. The molecular weight excluding hydrogens is 569 g/mol. The van der Waals surface area contributed by atoms with Crippen LogP contribution in [0.15, 0.2) is 58.3 Å². The molecule has 2 aromatic carbocycles. The van der Waals surface area contributed by atoms with E-state index in [4.69, 9.17) is 24.4 Å². The summed E-state index contributed by atoms with van der Waals surface area (Å²) < 4.78 is 0.428. The van der Waals surface area contributed by atoms with Gasteiger partial charge in [0.15, 0.2) is 0 Å². The van der Waals surface area contributed by atoms with Crippen LogP contribution in [0.5, 0.6) is 11.5 Å². The van der Waals surface area contributed by atoms with Crippen molar-refractivity contribution < 1.29 is 29.4 Å². The number of phenols is 2. The van der Waals surface area contributed by atoms with Gasteiger partial charge >= 0.3 is 0 Å². The quantitative estimate of drug-likeness (QED) is 0.268. The van der Waals surface area contributed by atoms with Gasteiger partial charge in [0, 0.05) is 49.4 Å². The van der Waals surface area contributed by atoms with Gasteiger partial charge in [-0.1, -0.05) is 60.1 Å². The first kappa shape index (κ1) is 27.6. The predicted octanol–water partition coefficient (Wildman–Crippen LogP) is 3.39. The van der Waals surface area contributed by atoms with Gasteiger partial charge in [-0.25, -0.2) is 0 Å². The summed E-state index contributed by atoms with van der Waals surface area (Å²) >= 11 is 12.6. The van der Waals surface area contributed by atoms with Gasteiger partial charge in [0.1, 0.15) is 20.1 Å². The van der Waals surface area contributed by atoms with Gasteiger partial charge in [0.25, 0.3) is 11.8 Å². The molecule has 2 saturated heterocycles. The minimum Gasteiger partial charge on any atom is -0.508 e. The van der Waals surface area contributed by atoms with Crippen molar-refractivity contribution in [1.29, 1.82) is 0 Å². The zero-order valence-electron chi connectivity index (χ0n) is 19.5. The van der Waals surface area contributed by atoms with Gasteiger partial charge in [-0.3, -0.25) is 29.0 Å². The number of carbonyl (C=O) groups is 4. The van der Waals surface area contributed by atoms with Crippen molar-refractivity contribution in [2.24, 2.45) is 0 Å². The molecule has 0 radical (unpaired) electrons. The first-order chi connectivity index (χ1) is 18.1. The summed E-state index contributed by atoms with van der Waals surface area (Å²) in [6, 6.07) is 12.2. The van der Waals surface area contributed by atoms with Crippen molar-refractivity contribution in [1.82, 2.24) is 9.80 Å². The first-order valence-corrected chi connectivity index (χ1v) is 13.6. The van der Waals surface area contributed by atoms with Crippen LogP contribution in [0.1, 0.15) is 12.8 Å². The molecule has 4 amide bonds. The second-order valence-corrected chi connectivity index (χ2v) is 11.3. The molecule has 4 N–H and O–H groups in total. The minimum absolute atomic E-state index is 0.00826. The average Bonchev–Trinajstić information content (AvgIpc) is 3.29. The normalized spacial score (nSPS) is 17.4. The van der Waals surface area contributed by atoms with E-state index < -0.39 is 11.8 Å². The van der Waals surface area contributed by atoms with Gasteiger partial charge < -0.3 is 20.8 Å². The Morgan fingerprint density at radius 2 is 1.13 bits per heavy atom. The Balaban J connectivity index is 1.35. The second kappa shape index (κ2) is 11.9. The SMILES string of the molecule is O=C(CCN1C(=O)/C(=C2\SC(=S)N(CCC(=O)Nc3cccc(O)c3)C2=O)SC1=S)Nc1cccc(O)c1. The highest BCUT2D eigenvalue weighted by atomic mass is 32.2. The zero-order valence-corrected chi connectivity index (χ0v) is 22.8. The maximum atomic E-state index is 13.1. The summed E-state index contributed by atoms with van der Waals surface area (Å²) in [5.41, 5.74) is 0.833. The summed E-state index contributed by atoms with van der Waals surface area (Å²) in [5, 5.41) is 24.3. The molecule has 0 spiro atoms. The first-order valence-electron chi connectivity index (χ1n) is 11.1. The third-order valence-corrected chi connectivity index (χ3v) is 8.32. The average molecular weight is 589 g/mol. The van der Waals surface area contributed by atoms with E-state index >= 15 is 0 Å². The number of aromatic hydroxyl groups is 2. The molecule has 14 heteroatoms. The molecule has 0 atom stereocenters. The van der Waals surface area contributed by atoms with Crippen LogP contribution < -0.4 is 10.6 Å². The number of hydrogen-bond acceptors (Lipinski definition) is 10. The molecule has 196 valence electrons. The number of thioether (sulfide) groups is 2. The Labute approximate surface area is 236 Å². The third-order valence-electron chi connectivity index (χ3n) is 5.29. The van der Waals surface area contributed by atoms with Gasteiger partial charge in [0.2, 0.25) is 11.8 Å². The van der Waals surface area contributed by atoms with Gasteiger partial charge in [-0.2, -0.15) is 0 Å². The van der Waals surface area contributed by atoms with Crippen molar-refractivity contribution in [3.8, 4) is 11.5 Å². The summed E-state index contributed by atoms with van der Waals surface area (Å²) in [6.45, 7) is 0.0165. The van der Waals surface area contributed by atoms with Crippen LogP contribution in [0.3, 0.4) is 0 Å². The molecule has 0 aliphatic carbocycles. The number of phenolic OH excluding ortho intramolecular Hbond substituents is 2. The van der Waals surface area contributed by atoms with Crippen LogP contribution in [-0.4, -0.2) is 65.4 Å².